The van der Waals surface area contributed by atoms with E-state index in [1.165, 1.54) is 5.56 Å². The summed E-state index contributed by atoms with van der Waals surface area (Å²) >= 11 is 3.55. The molecular formula is C14H15BrN2O. The number of fused-ring (bicyclic) bond motifs is 1. The minimum Gasteiger partial charge on any atom is -0.385 e. The lowest BCUT2D eigenvalue weighted by atomic mass is 10.1. The summed E-state index contributed by atoms with van der Waals surface area (Å²) in [6.07, 6.45) is 4.32. The molecule has 0 saturated carbocycles. The van der Waals surface area contributed by atoms with Crippen molar-refractivity contribution in [2.75, 3.05) is 0 Å². The molecule has 1 N–H and O–H groups in total. The number of aliphatic hydroxyl groups is 1. The summed E-state index contributed by atoms with van der Waals surface area (Å²) in [5.74, 6) is 0.823. The lowest BCUT2D eigenvalue weighted by Gasteiger charge is -2.18. The SMILES string of the molecule is OC1CCCn2cc(Cc3ccccc3Br)nc21. The van der Waals surface area contributed by atoms with Gasteiger partial charge in [0.15, 0.2) is 0 Å². The molecule has 3 rings (SSSR count). The van der Waals surface area contributed by atoms with Gasteiger partial charge in [-0.3, -0.25) is 0 Å². The van der Waals surface area contributed by atoms with E-state index >= 15 is 0 Å². The Bertz CT molecular complexity index is 565. The molecule has 0 spiro atoms. The van der Waals surface area contributed by atoms with E-state index in [0.29, 0.717) is 0 Å². The molecule has 0 amide bonds. The molecule has 0 bridgehead atoms. The fourth-order valence-corrected chi connectivity index (χ4v) is 2.86. The zero-order valence-corrected chi connectivity index (χ0v) is 11.6. The van der Waals surface area contributed by atoms with E-state index in [0.717, 1.165) is 41.8 Å². The number of imidazole rings is 1. The van der Waals surface area contributed by atoms with E-state index in [1.54, 1.807) is 0 Å². The van der Waals surface area contributed by atoms with Crippen LogP contribution in [-0.4, -0.2) is 14.7 Å². The number of benzene rings is 1. The van der Waals surface area contributed by atoms with E-state index < -0.39 is 6.10 Å². The summed E-state index contributed by atoms with van der Waals surface area (Å²) < 4.78 is 3.19. The van der Waals surface area contributed by atoms with Crippen LogP contribution in [0.25, 0.3) is 0 Å². The molecule has 2 heterocycles. The first kappa shape index (κ1) is 11.9. The minimum absolute atomic E-state index is 0.397. The predicted molar refractivity (Wildman–Crippen MR) is 73.4 cm³/mol. The quantitative estimate of drug-likeness (QED) is 0.926. The van der Waals surface area contributed by atoms with Crippen LogP contribution in [0.1, 0.15) is 36.0 Å². The Hall–Kier alpha value is -1.13. The van der Waals surface area contributed by atoms with Crippen LogP contribution in [0.5, 0.6) is 0 Å². The average Bonchev–Trinajstić information content (AvgIpc) is 2.76. The Labute approximate surface area is 115 Å². The number of nitrogens with zero attached hydrogens (tertiary/aromatic N) is 2. The van der Waals surface area contributed by atoms with Crippen LogP contribution in [0.2, 0.25) is 0 Å². The Morgan fingerprint density at radius 3 is 3.00 bits per heavy atom. The number of aliphatic hydroxyl groups excluding tert-OH is 1. The van der Waals surface area contributed by atoms with Crippen LogP contribution in [0.15, 0.2) is 34.9 Å². The van der Waals surface area contributed by atoms with Crippen molar-refractivity contribution >= 4 is 15.9 Å². The third-order valence-electron chi connectivity index (χ3n) is 3.36. The second-order valence-electron chi connectivity index (χ2n) is 4.71. The van der Waals surface area contributed by atoms with Crippen LogP contribution < -0.4 is 0 Å². The molecule has 2 aromatic rings. The summed E-state index contributed by atoms with van der Waals surface area (Å²) in [6.45, 7) is 0.968. The van der Waals surface area contributed by atoms with Crippen molar-refractivity contribution in [1.29, 1.82) is 0 Å². The van der Waals surface area contributed by atoms with Crippen LogP contribution in [0.3, 0.4) is 0 Å². The van der Waals surface area contributed by atoms with Gasteiger partial charge in [-0.05, 0) is 24.5 Å². The largest absolute Gasteiger partial charge is 0.385 e. The Morgan fingerprint density at radius 1 is 1.39 bits per heavy atom. The van der Waals surface area contributed by atoms with E-state index in [2.05, 4.69) is 37.7 Å². The molecule has 0 radical (unpaired) electrons. The van der Waals surface area contributed by atoms with Gasteiger partial charge in [0.2, 0.25) is 0 Å². The summed E-state index contributed by atoms with van der Waals surface area (Å²) in [4.78, 5) is 4.56. The maximum Gasteiger partial charge on any atom is 0.137 e. The van der Waals surface area contributed by atoms with E-state index in [9.17, 15) is 5.11 Å². The van der Waals surface area contributed by atoms with Crippen molar-refractivity contribution < 1.29 is 5.11 Å². The van der Waals surface area contributed by atoms with Gasteiger partial charge in [0.05, 0.1) is 5.69 Å². The summed E-state index contributed by atoms with van der Waals surface area (Å²) in [5.41, 5.74) is 2.25. The average molecular weight is 307 g/mol. The number of rotatable bonds is 2. The maximum absolute atomic E-state index is 9.90. The van der Waals surface area contributed by atoms with Crippen LogP contribution in [0, 0.1) is 0 Å². The van der Waals surface area contributed by atoms with Crippen molar-refractivity contribution in [3.8, 4) is 0 Å². The first-order valence-electron chi connectivity index (χ1n) is 6.21. The summed E-state index contributed by atoms with van der Waals surface area (Å²) in [6, 6.07) is 8.18. The number of hydrogen-bond acceptors (Lipinski definition) is 2. The minimum atomic E-state index is -0.397. The zero-order valence-electron chi connectivity index (χ0n) is 10.0. The lowest BCUT2D eigenvalue weighted by Crippen LogP contribution is -2.14. The highest BCUT2D eigenvalue weighted by Gasteiger charge is 2.20. The highest BCUT2D eigenvalue weighted by atomic mass is 79.9. The Kier molecular flexibility index (Phi) is 3.22. The van der Waals surface area contributed by atoms with Gasteiger partial charge < -0.3 is 9.67 Å². The summed E-state index contributed by atoms with van der Waals surface area (Å²) in [5, 5.41) is 9.90. The van der Waals surface area contributed by atoms with Crippen molar-refractivity contribution in [2.24, 2.45) is 0 Å². The van der Waals surface area contributed by atoms with Gasteiger partial charge in [-0.1, -0.05) is 34.1 Å². The van der Waals surface area contributed by atoms with Crippen LogP contribution in [0.4, 0.5) is 0 Å². The number of hydrogen-bond donors (Lipinski definition) is 1. The molecule has 0 saturated heterocycles. The van der Waals surface area contributed by atoms with E-state index in [1.807, 2.05) is 18.2 Å². The Morgan fingerprint density at radius 2 is 2.22 bits per heavy atom. The topological polar surface area (TPSA) is 38.0 Å². The fourth-order valence-electron chi connectivity index (χ4n) is 2.44. The summed E-state index contributed by atoms with van der Waals surface area (Å²) in [7, 11) is 0. The standard InChI is InChI=1S/C14H15BrN2O/c15-12-5-2-1-4-10(12)8-11-9-17-7-3-6-13(18)14(17)16-11/h1-2,4-5,9,13,18H,3,6-8H2. The number of aryl methyl sites for hydroxylation is 1. The van der Waals surface area contributed by atoms with Gasteiger partial charge in [0.1, 0.15) is 11.9 Å². The fraction of sp³-hybridized carbons (Fsp3) is 0.357. The highest BCUT2D eigenvalue weighted by Crippen LogP contribution is 2.26. The molecular weight excluding hydrogens is 292 g/mol. The van der Waals surface area contributed by atoms with Crippen molar-refractivity contribution in [1.82, 2.24) is 9.55 Å². The van der Waals surface area contributed by atoms with Crippen molar-refractivity contribution in [3.05, 3.63) is 52.0 Å². The van der Waals surface area contributed by atoms with Gasteiger partial charge in [0.25, 0.3) is 0 Å². The van der Waals surface area contributed by atoms with Gasteiger partial charge in [0, 0.05) is 23.6 Å². The molecule has 0 fully saturated rings. The Balaban J connectivity index is 1.88. The van der Waals surface area contributed by atoms with Gasteiger partial charge >= 0.3 is 0 Å². The van der Waals surface area contributed by atoms with E-state index in [4.69, 9.17) is 0 Å². The number of aromatic nitrogens is 2. The van der Waals surface area contributed by atoms with Gasteiger partial charge in [-0.15, -0.1) is 0 Å². The molecule has 1 unspecified atom stereocenters. The van der Waals surface area contributed by atoms with Gasteiger partial charge in [-0.25, -0.2) is 4.98 Å². The zero-order chi connectivity index (χ0) is 12.5. The smallest absolute Gasteiger partial charge is 0.137 e. The van der Waals surface area contributed by atoms with Crippen molar-refractivity contribution in [2.45, 2.75) is 31.9 Å². The van der Waals surface area contributed by atoms with Crippen LogP contribution >= 0.6 is 15.9 Å². The highest BCUT2D eigenvalue weighted by molar-refractivity contribution is 9.10. The molecule has 1 atom stereocenters. The number of halogens is 1. The van der Waals surface area contributed by atoms with Crippen molar-refractivity contribution in [3.63, 3.8) is 0 Å². The second-order valence-corrected chi connectivity index (χ2v) is 5.56. The second kappa shape index (κ2) is 4.86. The first-order chi connectivity index (χ1) is 8.74. The molecule has 1 aromatic carbocycles. The third-order valence-corrected chi connectivity index (χ3v) is 4.13. The van der Waals surface area contributed by atoms with E-state index in [-0.39, 0.29) is 0 Å². The molecule has 0 aliphatic carbocycles. The molecule has 4 heteroatoms. The molecule has 3 nitrogen and oxygen atoms in total. The molecule has 18 heavy (non-hydrogen) atoms. The molecule has 1 aliphatic rings. The molecule has 1 aliphatic heterocycles. The third kappa shape index (κ3) is 2.22. The van der Waals surface area contributed by atoms with Crippen LogP contribution in [-0.2, 0) is 13.0 Å². The molecule has 1 aromatic heterocycles. The predicted octanol–water partition coefficient (Wildman–Crippen LogP) is 3.06. The normalized spacial score (nSPS) is 18.7. The first-order valence-corrected chi connectivity index (χ1v) is 7.01. The van der Waals surface area contributed by atoms with Gasteiger partial charge in [-0.2, -0.15) is 0 Å². The maximum atomic E-state index is 9.90. The lowest BCUT2D eigenvalue weighted by molar-refractivity contribution is 0.133. The monoisotopic (exact) mass is 306 g/mol. The molecule has 94 valence electrons.